The first-order valence-electron chi connectivity index (χ1n) is 10.2. The Bertz CT molecular complexity index is 733. The molecule has 32 heavy (non-hydrogen) atoms. The van der Waals surface area contributed by atoms with Crippen molar-refractivity contribution in [1.29, 1.82) is 0 Å². The Morgan fingerprint density at radius 3 is 2.31 bits per heavy atom. The third-order valence-corrected chi connectivity index (χ3v) is 5.46. The number of methoxy groups -OCH3 is 1. The van der Waals surface area contributed by atoms with Crippen LogP contribution in [0.2, 0.25) is 0 Å². The Kier molecular flexibility index (Phi) is 8.63. The molecule has 9 atom stereocenters. The average Bonchev–Trinajstić information content (AvgIpc) is 2.78. The largest absolute Gasteiger partial charge is 0.504 e. The molecule has 2 heterocycles. The summed E-state index contributed by atoms with van der Waals surface area (Å²) < 4.78 is 26.5. The summed E-state index contributed by atoms with van der Waals surface area (Å²) >= 11 is 0. The molecule has 7 N–H and O–H groups in total. The first-order chi connectivity index (χ1) is 15.2. The predicted octanol–water partition coefficient (Wildman–Crippen LogP) is -2.78. The predicted molar refractivity (Wildman–Crippen MR) is 105 cm³/mol. The van der Waals surface area contributed by atoms with Gasteiger partial charge in [-0.15, -0.1) is 0 Å². The van der Waals surface area contributed by atoms with E-state index in [-0.39, 0.29) is 25.6 Å². The van der Waals surface area contributed by atoms with Crippen molar-refractivity contribution >= 4 is 0 Å². The SMILES string of the molecule is COc1ccc(CCO[C@@H]2O[C@H](CO[C@@H]3OC[C@H](O)[C@H](O)[C@H]3O)[C@@H](O)[C@H](O)[C@H]2O)cc1O. The summed E-state index contributed by atoms with van der Waals surface area (Å²) in [5.41, 5.74) is 0.734. The summed E-state index contributed by atoms with van der Waals surface area (Å²) in [5.74, 6) is 0.300. The summed E-state index contributed by atoms with van der Waals surface area (Å²) in [6.45, 7) is -0.551. The summed E-state index contributed by atoms with van der Waals surface area (Å²) in [6, 6.07) is 4.84. The molecule has 2 fully saturated rings. The fourth-order valence-corrected chi connectivity index (χ4v) is 3.49. The van der Waals surface area contributed by atoms with E-state index in [1.54, 1.807) is 12.1 Å². The molecule has 2 aliphatic heterocycles. The van der Waals surface area contributed by atoms with Crippen molar-refractivity contribution in [3.05, 3.63) is 23.8 Å². The molecular formula is C20H30O12. The van der Waals surface area contributed by atoms with E-state index in [0.29, 0.717) is 12.2 Å². The van der Waals surface area contributed by atoms with Gasteiger partial charge in [-0.05, 0) is 24.1 Å². The standard InChI is InChI=1S/C20H30O12/c1-28-12-3-2-9(6-10(12)21)4-5-29-20-18(27)16(25)15(24)13(32-20)8-31-19-17(26)14(23)11(22)7-30-19/h2-3,6,11,13-27H,4-5,7-8H2,1H3/t11-,13+,14-,15+,16-,17+,18+,19-,20+/m0/s1. The molecular weight excluding hydrogens is 432 g/mol. The normalized spacial score (nSPS) is 37.9. The van der Waals surface area contributed by atoms with Crippen LogP contribution in [0.4, 0.5) is 0 Å². The molecule has 0 unspecified atom stereocenters. The highest BCUT2D eigenvalue weighted by Gasteiger charge is 2.45. The van der Waals surface area contributed by atoms with E-state index < -0.39 is 55.3 Å². The summed E-state index contributed by atoms with van der Waals surface area (Å²) in [6.07, 6.45) is -12.2. The Labute approximate surface area is 184 Å². The van der Waals surface area contributed by atoms with Crippen LogP contribution in [0.25, 0.3) is 0 Å². The van der Waals surface area contributed by atoms with E-state index in [1.165, 1.54) is 13.2 Å². The van der Waals surface area contributed by atoms with E-state index in [2.05, 4.69) is 0 Å². The molecule has 0 bridgehead atoms. The van der Waals surface area contributed by atoms with E-state index in [4.69, 9.17) is 23.7 Å². The van der Waals surface area contributed by atoms with Gasteiger partial charge in [-0.25, -0.2) is 0 Å². The minimum Gasteiger partial charge on any atom is -0.504 e. The number of phenolic OH excluding ortho intramolecular Hbond substituents is 1. The van der Waals surface area contributed by atoms with Gasteiger partial charge in [-0.3, -0.25) is 0 Å². The van der Waals surface area contributed by atoms with Crippen molar-refractivity contribution in [2.45, 2.75) is 61.7 Å². The van der Waals surface area contributed by atoms with E-state index in [0.717, 1.165) is 5.56 Å². The first-order valence-corrected chi connectivity index (χ1v) is 10.2. The van der Waals surface area contributed by atoms with Crippen LogP contribution in [-0.4, -0.2) is 118 Å². The smallest absolute Gasteiger partial charge is 0.186 e. The van der Waals surface area contributed by atoms with Gasteiger partial charge in [0, 0.05) is 0 Å². The number of rotatable bonds is 8. The Balaban J connectivity index is 1.52. The fraction of sp³-hybridized carbons (Fsp3) is 0.700. The van der Waals surface area contributed by atoms with Gasteiger partial charge in [-0.2, -0.15) is 0 Å². The number of aromatic hydroxyl groups is 1. The third kappa shape index (κ3) is 5.66. The minimum absolute atomic E-state index is 0.0283. The van der Waals surface area contributed by atoms with Crippen molar-refractivity contribution in [2.75, 3.05) is 26.9 Å². The monoisotopic (exact) mass is 462 g/mol. The highest BCUT2D eigenvalue weighted by atomic mass is 16.7. The first kappa shape index (κ1) is 25.1. The van der Waals surface area contributed by atoms with Gasteiger partial charge in [-0.1, -0.05) is 6.07 Å². The lowest BCUT2D eigenvalue weighted by molar-refractivity contribution is -0.320. The second-order valence-electron chi connectivity index (χ2n) is 7.73. The maximum Gasteiger partial charge on any atom is 0.186 e. The zero-order valence-corrected chi connectivity index (χ0v) is 17.4. The van der Waals surface area contributed by atoms with E-state index >= 15 is 0 Å². The second-order valence-corrected chi connectivity index (χ2v) is 7.73. The highest BCUT2D eigenvalue weighted by Crippen LogP contribution is 2.27. The summed E-state index contributed by atoms with van der Waals surface area (Å²) in [4.78, 5) is 0. The van der Waals surface area contributed by atoms with Crippen LogP contribution in [0.1, 0.15) is 5.56 Å². The molecule has 3 rings (SSSR count). The summed E-state index contributed by atoms with van der Waals surface area (Å²) in [5, 5.41) is 69.5. The molecule has 0 spiro atoms. The van der Waals surface area contributed by atoms with Crippen LogP contribution in [-0.2, 0) is 25.4 Å². The number of phenols is 1. The number of benzene rings is 1. The van der Waals surface area contributed by atoms with Crippen LogP contribution in [0.5, 0.6) is 11.5 Å². The molecule has 12 heteroatoms. The fourth-order valence-electron chi connectivity index (χ4n) is 3.49. The molecule has 0 aliphatic carbocycles. The number of aliphatic hydroxyl groups excluding tert-OH is 6. The van der Waals surface area contributed by atoms with Crippen LogP contribution in [0.15, 0.2) is 18.2 Å². The number of ether oxygens (including phenoxy) is 5. The number of hydrogen-bond acceptors (Lipinski definition) is 12. The average molecular weight is 462 g/mol. The molecule has 2 saturated heterocycles. The third-order valence-electron chi connectivity index (χ3n) is 5.46. The zero-order valence-electron chi connectivity index (χ0n) is 17.4. The Hall–Kier alpha value is -1.58. The molecule has 1 aromatic carbocycles. The van der Waals surface area contributed by atoms with Crippen molar-refractivity contribution in [3.63, 3.8) is 0 Å². The lowest BCUT2D eigenvalue weighted by Gasteiger charge is -2.41. The molecule has 0 radical (unpaired) electrons. The van der Waals surface area contributed by atoms with E-state index in [9.17, 15) is 35.7 Å². The minimum atomic E-state index is -1.59. The maximum atomic E-state index is 10.2. The van der Waals surface area contributed by atoms with Gasteiger partial charge in [0.05, 0.1) is 26.9 Å². The topological polar surface area (TPSA) is 188 Å². The summed E-state index contributed by atoms with van der Waals surface area (Å²) in [7, 11) is 1.44. The molecule has 0 amide bonds. The maximum absolute atomic E-state index is 10.2. The van der Waals surface area contributed by atoms with Crippen LogP contribution in [0, 0.1) is 0 Å². The Morgan fingerprint density at radius 1 is 0.906 bits per heavy atom. The highest BCUT2D eigenvalue weighted by molar-refractivity contribution is 5.41. The van der Waals surface area contributed by atoms with Gasteiger partial charge in [0.1, 0.15) is 42.7 Å². The molecule has 2 aliphatic rings. The van der Waals surface area contributed by atoms with Crippen LogP contribution >= 0.6 is 0 Å². The molecule has 0 aromatic heterocycles. The van der Waals surface area contributed by atoms with Crippen LogP contribution in [0.3, 0.4) is 0 Å². The van der Waals surface area contributed by atoms with Gasteiger partial charge in [0.15, 0.2) is 24.1 Å². The number of hydrogen-bond donors (Lipinski definition) is 7. The molecule has 182 valence electrons. The lowest BCUT2D eigenvalue weighted by atomic mass is 9.99. The van der Waals surface area contributed by atoms with E-state index in [1.807, 2.05) is 0 Å². The van der Waals surface area contributed by atoms with Crippen LogP contribution < -0.4 is 4.74 Å². The lowest BCUT2D eigenvalue weighted by Crippen LogP contribution is -2.60. The number of aliphatic hydroxyl groups is 6. The zero-order chi connectivity index (χ0) is 23.4. The van der Waals surface area contributed by atoms with Crippen molar-refractivity contribution in [1.82, 2.24) is 0 Å². The van der Waals surface area contributed by atoms with Crippen molar-refractivity contribution < 1.29 is 59.4 Å². The van der Waals surface area contributed by atoms with Gasteiger partial charge in [0.2, 0.25) is 0 Å². The molecule has 12 nitrogen and oxygen atoms in total. The van der Waals surface area contributed by atoms with Crippen molar-refractivity contribution in [2.24, 2.45) is 0 Å². The van der Waals surface area contributed by atoms with Crippen molar-refractivity contribution in [3.8, 4) is 11.5 Å². The second kappa shape index (κ2) is 11.0. The Morgan fingerprint density at radius 2 is 1.62 bits per heavy atom. The quantitative estimate of drug-likeness (QED) is 0.211. The van der Waals surface area contributed by atoms with Gasteiger partial charge in [0.25, 0.3) is 0 Å². The van der Waals surface area contributed by atoms with Gasteiger partial charge < -0.3 is 59.4 Å². The molecule has 1 aromatic rings. The molecule has 0 saturated carbocycles. The van der Waals surface area contributed by atoms with Gasteiger partial charge >= 0.3 is 0 Å².